The number of rotatable bonds is 8. The van der Waals surface area contributed by atoms with Crippen LogP contribution in [0.15, 0.2) is 18.2 Å². The molecule has 6 heteroatoms. The van der Waals surface area contributed by atoms with Crippen molar-refractivity contribution in [2.75, 3.05) is 23.8 Å². The molecule has 0 spiro atoms. The zero-order valence-corrected chi connectivity index (χ0v) is 16.0. The Morgan fingerprint density at radius 3 is 2.65 bits per heavy atom. The third kappa shape index (κ3) is 3.72. The number of aliphatic hydroxyl groups is 3. The second-order valence-corrected chi connectivity index (χ2v) is 7.99. The number of hydrogen-bond acceptors (Lipinski definition) is 6. The number of anilines is 2. The molecule has 0 saturated heterocycles. The average molecular weight is 364 g/mol. The van der Waals surface area contributed by atoms with Crippen molar-refractivity contribution in [1.29, 1.82) is 0 Å². The van der Waals surface area contributed by atoms with Crippen molar-refractivity contribution >= 4 is 17.7 Å². The molecule has 0 aliphatic carbocycles. The maximum atomic E-state index is 11.3. The first-order valence-electron chi connectivity index (χ1n) is 9.26. The standard InChI is InChI=1S/C20H32N2O4/c1-14-12-15-13-16(21)4-5-17(15)22(19(14,2)3)18(6-9-23)20(26,7-10-24)8-11-25/h4-5,10,13-14,18,23,25-26H,6-9,11-12,21H2,1-3H3. The van der Waals surface area contributed by atoms with E-state index in [1.54, 1.807) is 0 Å². The highest BCUT2D eigenvalue weighted by Gasteiger charge is 2.48. The van der Waals surface area contributed by atoms with Crippen molar-refractivity contribution in [3.63, 3.8) is 0 Å². The monoisotopic (exact) mass is 364 g/mol. The Morgan fingerprint density at radius 2 is 2.08 bits per heavy atom. The number of carbonyl (C=O) groups excluding carboxylic acids is 1. The van der Waals surface area contributed by atoms with Crippen LogP contribution in [-0.2, 0) is 11.2 Å². The van der Waals surface area contributed by atoms with Crippen molar-refractivity contribution in [3.8, 4) is 0 Å². The minimum atomic E-state index is -1.42. The van der Waals surface area contributed by atoms with Crippen molar-refractivity contribution in [3.05, 3.63) is 23.8 Å². The zero-order valence-electron chi connectivity index (χ0n) is 16.0. The van der Waals surface area contributed by atoms with Gasteiger partial charge in [0.05, 0.1) is 11.6 Å². The SMILES string of the molecule is CC1Cc2cc(N)ccc2N(C(CCO)C(O)(CC=O)CCO)C1(C)C. The number of nitrogens with zero attached hydrogens (tertiary/aromatic N) is 1. The second kappa shape index (κ2) is 7.94. The van der Waals surface area contributed by atoms with Crippen LogP contribution in [0.25, 0.3) is 0 Å². The van der Waals surface area contributed by atoms with Gasteiger partial charge in [0, 0.05) is 43.0 Å². The van der Waals surface area contributed by atoms with Gasteiger partial charge in [-0.15, -0.1) is 0 Å². The summed E-state index contributed by atoms with van der Waals surface area (Å²) in [5, 5.41) is 30.5. The number of nitrogens with two attached hydrogens (primary N) is 1. The molecule has 1 aliphatic rings. The highest BCUT2D eigenvalue weighted by molar-refractivity contribution is 5.64. The first kappa shape index (κ1) is 20.7. The molecular formula is C20H32N2O4. The van der Waals surface area contributed by atoms with E-state index in [1.807, 2.05) is 18.2 Å². The lowest BCUT2D eigenvalue weighted by atomic mass is 9.73. The lowest BCUT2D eigenvalue weighted by Gasteiger charge is -2.56. The molecule has 1 aromatic carbocycles. The number of benzene rings is 1. The van der Waals surface area contributed by atoms with E-state index in [0.717, 1.165) is 17.7 Å². The van der Waals surface area contributed by atoms with E-state index in [4.69, 9.17) is 5.73 Å². The average Bonchev–Trinajstić information content (AvgIpc) is 2.55. The van der Waals surface area contributed by atoms with Gasteiger partial charge in [0.2, 0.25) is 0 Å². The quantitative estimate of drug-likeness (QED) is 0.411. The molecule has 3 unspecified atom stereocenters. The Balaban J connectivity index is 2.62. The maximum Gasteiger partial charge on any atom is 0.122 e. The molecule has 5 N–H and O–H groups in total. The van der Waals surface area contributed by atoms with Crippen molar-refractivity contribution in [2.45, 2.75) is 63.6 Å². The minimum absolute atomic E-state index is 0.0711. The Kier molecular flexibility index (Phi) is 6.32. The summed E-state index contributed by atoms with van der Waals surface area (Å²) in [5.41, 5.74) is 6.98. The first-order chi connectivity index (χ1) is 12.2. The van der Waals surface area contributed by atoms with Gasteiger partial charge in [-0.1, -0.05) is 6.92 Å². The Hall–Kier alpha value is -1.63. The van der Waals surface area contributed by atoms with Gasteiger partial charge in [0.25, 0.3) is 0 Å². The maximum absolute atomic E-state index is 11.3. The van der Waals surface area contributed by atoms with Gasteiger partial charge in [0.1, 0.15) is 6.29 Å². The highest BCUT2D eigenvalue weighted by Crippen LogP contribution is 2.45. The van der Waals surface area contributed by atoms with E-state index >= 15 is 0 Å². The van der Waals surface area contributed by atoms with Crippen LogP contribution in [0, 0.1) is 5.92 Å². The third-order valence-corrected chi connectivity index (χ3v) is 6.03. The van der Waals surface area contributed by atoms with Gasteiger partial charge in [0.15, 0.2) is 0 Å². The van der Waals surface area contributed by atoms with Gasteiger partial charge in [-0.3, -0.25) is 0 Å². The molecule has 1 aliphatic heterocycles. The number of fused-ring (bicyclic) bond motifs is 1. The van der Waals surface area contributed by atoms with E-state index < -0.39 is 11.6 Å². The molecule has 6 nitrogen and oxygen atoms in total. The lowest BCUT2D eigenvalue weighted by molar-refractivity contribution is -0.114. The molecule has 1 aromatic rings. The molecule has 0 radical (unpaired) electrons. The predicted octanol–water partition coefficient (Wildman–Crippen LogP) is 1.50. The number of hydrogen-bond donors (Lipinski definition) is 4. The molecule has 0 aromatic heterocycles. The van der Waals surface area contributed by atoms with Crippen LogP contribution < -0.4 is 10.6 Å². The fraction of sp³-hybridized carbons (Fsp3) is 0.650. The summed E-state index contributed by atoms with van der Waals surface area (Å²) in [6.45, 7) is 6.02. The highest BCUT2D eigenvalue weighted by atomic mass is 16.3. The summed E-state index contributed by atoms with van der Waals surface area (Å²) in [4.78, 5) is 13.4. The lowest BCUT2D eigenvalue weighted by Crippen LogP contribution is -2.64. The number of aldehydes is 1. The summed E-state index contributed by atoms with van der Waals surface area (Å²) in [6, 6.07) is 5.22. The topological polar surface area (TPSA) is 107 Å². The van der Waals surface area contributed by atoms with Gasteiger partial charge in [-0.25, -0.2) is 0 Å². The van der Waals surface area contributed by atoms with Crippen LogP contribution in [0.1, 0.15) is 45.6 Å². The smallest absolute Gasteiger partial charge is 0.122 e. The van der Waals surface area contributed by atoms with E-state index in [-0.39, 0.29) is 37.5 Å². The van der Waals surface area contributed by atoms with E-state index in [0.29, 0.717) is 18.4 Å². The van der Waals surface area contributed by atoms with Gasteiger partial charge in [-0.05, 0) is 56.4 Å². The van der Waals surface area contributed by atoms with Gasteiger partial charge >= 0.3 is 0 Å². The van der Waals surface area contributed by atoms with Crippen molar-refractivity contribution in [2.24, 2.45) is 5.92 Å². The number of nitrogen functional groups attached to an aromatic ring is 1. The normalized spacial score (nSPS) is 22.4. The molecule has 0 fully saturated rings. The van der Waals surface area contributed by atoms with E-state index in [1.165, 1.54) is 0 Å². The molecule has 1 heterocycles. The van der Waals surface area contributed by atoms with Crippen molar-refractivity contribution in [1.82, 2.24) is 0 Å². The van der Waals surface area contributed by atoms with Crippen LogP contribution in [0.4, 0.5) is 11.4 Å². The second-order valence-electron chi connectivity index (χ2n) is 7.99. The zero-order chi connectivity index (χ0) is 19.5. The van der Waals surface area contributed by atoms with Crippen LogP contribution in [0.5, 0.6) is 0 Å². The van der Waals surface area contributed by atoms with Crippen LogP contribution in [0.3, 0.4) is 0 Å². The molecular weight excluding hydrogens is 332 g/mol. The fourth-order valence-electron chi connectivity index (χ4n) is 4.20. The number of aliphatic hydroxyl groups excluding tert-OH is 2. The third-order valence-electron chi connectivity index (χ3n) is 6.03. The molecule has 0 bridgehead atoms. The largest absolute Gasteiger partial charge is 0.399 e. The van der Waals surface area contributed by atoms with E-state index in [9.17, 15) is 20.1 Å². The first-order valence-corrected chi connectivity index (χ1v) is 9.26. The van der Waals surface area contributed by atoms with Crippen LogP contribution in [0.2, 0.25) is 0 Å². The fourth-order valence-corrected chi connectivity index (χ4v) is 4.20. The number of carbonyl (C=O) groups is 1. The Bertz CT molecular complexity index is 634. The molecule has 2 rings (SSSR count). The summed E-state index contributed by atoms with van der Waals surface area (Å²) >= 11 is 0. The van der Waals surface area contributed by atoms with Crippen LogP contribution >= 0.6 is 0 Å². The van der Waals surface area contributed by atoms with Gasteiger partial charge in [-0.2, -0.15) is 0 Å². The predicted molar refractivity (Wildman–Crippen MR) is 103 cm³/mol. The summed E-state index contributed by atoms with van der Waals surface area (Å²) in [5.74, 6) is 0.271. The molecule has 0 amide bonds. The molecule has 146 valence electrons. The minimum Gasteiger partial charge on any atom is -0.399 e. The van der Waals surface area contributed by atoms with Crippen LogP contribution in [-0.4, -0.2) is 52.0 Å². The Labute approximate surface area is 155 Å². The Morgan fingerprint density at radius 1 is 1.38 bits per heavy atom. The van der Waals surface area contributed by atoms with E-state index in [2.05, 4.69) is 25.7 Å². The van der Waals surface area contributed by atoms with Crippen molar-refractivity contribution < 1.29 is 20.1 Å². The van der Waals surface area contributed by atoms with Gasteiger partial charge < -0.3 is 30.7 Å². The molecule has 0 saturated carbocycles. The summed E-state index contributed by atoms with van der Waals surface area (Å²) in [7, 11) is 0. The summed E-state index contributed by atoms with van der Waals surface area (Å²) < 4.78 is 0. The summed E-state index contributed by atoms with van der Waals surface area (Å²) in [6.07, 6.45) is 1.82. The molecule has 3 atom stereocenters. The molecule has 26 heavy (non-hydrogen) atoms.